The van der Waals surface area contributed by atoms with Crippen molar-refractivity contribution in [2.45, 2.75) is 26.4 Å². The molecule has 2 nitrogen and oxygen atoms in total. The summed E-state index contributed by atoms with van der Waals surface area (Å²) in [5.74, 6) is 0.555. The van der Waals surface area contributed by atoms with Crippen LogP contribution in [0.15, 0.2) is 24.3 Å². The molecule has 84 valence electrons. The molecule has 0 saturated carbocycles. The Morgan fingerprint density at radius 3 is 2.73 bits per heavy atom. The van der Waals surface area contributed by atoms with Gasteiger partial charge in [-0.05, 0) is 24.5 Å². The molecule has 1 aromatic rings. The molecule has 15 heavy (non-hydrogen) atoms. The van der Waals surface area contributed by atoms with E-state index in [1.807, 2.05) is 13.8 Å². The second-order valence-corrected chi connectivity index (χ2v) is 4.05. The summed E-state index contributed by atoms with van der Waals surface area (Å²) in [7, 11) is 0. The molecule has 0 heterocycles. The topological polar surface area (TPSA) is 29.5 Å². The zero-order valence-corrected chi connectivity index (χ0v) is 9.11. The summed E-state index contributed by atoms with van der Waals surface area (Å²) >= 11 is 0. The highest BCUT2D eigenvalue weighted by atomic mass is 19.1. The molecule has 1 rings (SSSR count). The summed E-state index contributed by atoms with van der Waals surface area (Å²) in [6, 6.07) is 5.92. The Kier molecular flexibility index (Phi) is 4.56. The summed E-state index contributed by atoms with van der Waals surface area (Å²) in [6.07, 6.45) is 0.197. The third-order valence-corrected chi connectivity index (χ3v) is 1.98. The van der Waals surface area contributed by atoms with Gasteiger partial charge >= 0.3 is 0 Å². The summed E-state index contributed by atoms with van der Waals surface area (Å²) in [6.45, 7) is 4.28. The van der Waals surface area contributed by atoms with E-state index in [1.54, 1.807) is 12.1 Å². The van der Waals surface area contributed by atoms with Crippen molar-refractivity contribution in [3.8, 4) is 5.75 Å². The Labute approximate surface area is 89.7 Å². The smallest absolute Gasteiger partial charge is 0.126 e. The van der Waals surface area contributed by atoms with Gasteiger partial charge in [0.25, 0.3) is 0 Å². The van der Waals surface area contributed by atoms with Gasteiger partial charge in [-0.3, -0.25) is 0 Å². The lowest BCUT2D eigenvalue weighted by molar-refractivity contribution is 0.0891. The van der Waals surface area contributed by atoms with Gasteiger partial charge < -0.3 is 9.84 Å². The Morgan fingerprint density at radius 2 is 2.13 bits per heavy atom. The lowest BCUT2D eigenvalue weighted by Gasteiger charge is -2.14. The number of hydrogen-bond acceptors (Lipinski definition) is 2. The van der Waals surface area contributed by atoms with Crippen molar-refractivity contribution < 1.29 is 14.2 Å². The van der Waals surface area contributed by atoms with Crippen LogP contribution in [0, 0.1) is 11.7 Å². The average molecular weight is 212 g/mol. The molecular formula is C12H17FO2. The number of aliphatic hydroxyl groups excluding tert-OH is 1. The van der Waals surface area contributed by atoms with E-state index >= 15 is 0 Å². The third-order valence-electron chi connectivity index (χ3n) is 1.98. The van der Waals surface area contributed by atoms with Gasteiger partial charge in [-0.1, -0.05) is 19.9 Å². The Hall–Kier alpha value is -1.09. The van der Waals surface area contributed by atoms with E-state index in [2.05, 4.69) is 0 Å². The zero-order valence-electron chi connectivity index (χ0n) is 9.11. The van der Waals surface area contributed by atoms with Crippen LogP contribution in [0.3, 0.4) is 0 Å². The summed E-state index contributed by atoms with van der Waals surface area (Å²) in [4.78, 5) is 0. The number of halogens is 1. The van der Waals surface area contributed by atoms with E-state index in [0.29, 0.717) is 18.1 Å². The predicted molar refractivity (Wildman–Crippen MR) is 57.4 cm³/mol. The first-order valence-corrected chi connectivity index (χ1v) is 5.14. The van der Waals surface area contributed by atoms with E-state index in [0.717, 1.165) is 0 Å². The standard InChI is InChI=1S/C12H17FO2/c1-9(2)6-11(14)8-15-12-5-3-4-10(13)7-12/h3-5,7,9,11,14H,6,8H2,1-2H3. The van der Waals surface area contributed by atoms with E-state index in [4.69, 9.17) is 4.74 Å². The molecular weight excluding hydrogens is 195 g/mol. The fourth-order valence-corrected chi connectivity index (χ4v) is 1.36. The van der Waals surface area contributed by atoms with Gasteiger partial charge in [0.05, 0.1) is 6.10 Å². The minimum Gasteiger partial charge on any atom is -0.491 e. The molecule has 0 aliphatic carbocycles. The minimum atomic E-state index is -0.492. The molecule has 0 aliphatic heterocycles. The van der Waals surface area contributed by atoms with Crippen molar-refractivity contribution in [2.75, 3.05) is 6.61 Å². The summed E-state index contributed by atoms with van der Waals surface area (Å²) < 4.78 is 18.0. The van der Waals surface area contributed by atoms with Crippen LogP contribution in [-0.4, -0.2) is 17.8 Å². The van der Waals surface area contributed by atoms with Crippen molar-refractivity contribution in [3.63, 3.8) is 0 Å². The quantitative estimate of drug-likeness (QED) is 0.813. The molecule has 0 amide bonds. The maximum absolute atomic E-state index is 12.8. The van der Waals surface area contributed by atoms with E-state index in [1.165, 1.54) is 12.1 Å². The van der Waals surface area contributed by atoms with Crippen LogP contribution in [0.1, 0.15) is 20.3 Å². The first-order valence-electron chi connectivity index (χ1n) is 5.14. The molecule has 0 aliphatic rings. The first kappa shape index (κ1) is 12.0. The molecule has 0 bridgehead atoms. The largest absolute Gasteiger partial charge is 0.491 e. The van der Waals surface area contributed by atoms with Crippen LogP contribution < -0.4 is 4.74 Å². The Balaban J connectivity index is 2.36. The van der Waals surface area contributed by atoms with Crippen molar-refractivity contribution in [1.29, 1.82) is 0 Å². The highest BCUT2D eigenvalue weighted by Gasteiger charge is 2.07. The fraction of sp³-hybridized carbons (Fsp3) is 0.500. The Morgan fingerprint density at radius 1 is 1.40 bits per heavy atom. The van der Waals surface area contributed by atoms with E-state index in [9.17, 15) is 9.50 Å². The van der Waals surface area contributed by atoms with Gasteiger partial charge in [0, 0.05) is 6.07 Å². The fourth-order valence-electron chi connectivity index (χ4n) is 1.36. The second kappa shape index (κ2) is 5.71. The highest BCUT2D eigenvalue weighted by Crippen LogP contribution is 2.13. The highest BCUT2D eigenvalue weighted by molar-refractivity contribution is 5.22. The maximum atomic E-state index is 12.8. The molecule has 0 radical (unpaired) electrons. The number of hydrogen-bond donors (Lipinski definition) is 1. The van der Waals surface area contributed by atoms with Crippen molar-refractivity contribution in [3.05, 3.63) is 30.1 Å². The lowest BCUT2D eigenvalue weighted by Crippen LogP contribution is -2.19. The van der Waals surface area contributed by atoms with Gasteiger partial charge in [-0.25, -0.2) is 4.39 Å². The average Bonchev–Trinajstić information content (AvgIpc) is 2.14. The van der Waals surface area contributed by atoms with Gasteiger partial charge in [0.1, 0.15) is 18.2 Å². The molecule has 3 heteroatoms. The third kappa shape index (κ3) is 4.79. The molecule has 0 aromatic heterocycles. The molecule has 1 atom stereocenters. The Bertz CT molecular complexity index is 299. The van der Waals surface area contributed by atoms with Crippen molar-refractivity contribution in [2.24, 2.45) is 5.92 Å². The first-order chi connectivity index (χ1) is 7.08. The van der Waals surface area contributed by atoms with Gasteiger partial charge in [0.15, 0.2) is 0 Å². The number of benzene rings is 1. The molecule has 0 saturated heterocycles. The van der Waals surface area contributed by atoms with E-state index in [-0.39, 0.29) is 12.4 Å². The summed E-state index contributed by atoms with van der Waals surface area (Å²) in [5.41, 5.74) is 0. The summed E-state index contributed by atoms with van der Waals surface area (Å²) in [5, 5.41) is 9.53. The van der Waals surface area contributed by atoms with E-state index < -0.39 is 6.10 Å². The van der Waals surface area contributed by atoms with Crippen LogP contribution >= 0.6 is 0 Å². The van der Waals surface area contributed by atoms with Crippen LogP contribution in [0.25, 0.3) is 0 Å². The molecule has 0 fully saturated rings. The number of aliphatic hydroxyl groups is 1. The SMILES string of the molecule is CC(C)CC(O)COc1cccc(F)c1. The van der Waals surface area contributed by atoms with Crippen LogP contribution in [0.5, 0.6) is 5.75 Å². The maximum Gasteiger partial charge on any atom is 0.126 e. The molecule has 1 unspecified atom stereocenters. The van der Waals surface area contributed by atoms with Gasteiger partial charge in [-0.2, -0.15) is 0 Å². The molecule has 0 spiro atoms. The number of ether oxygens (including phenoxy) is 1. The lowest BCUT2D eigenvalue weighted by atomic mass is 10.1. The zero-order chi connectivity index (χ0) is 11.3. The van der Waals surface area contributed by atoms with Crippen molar-refractivity contribution >= 4 is 0 Å². The predicted octanol–water partition coefficient (Wildman–Crippen LogP) is 2.61. The van der Waals surface area contributed by atoms with Gasteiger partial charge in [0.2, 0.25) is 0 Å². The molecule has 1 N–H and O–H groups in total. The normalized spacial score (nSPS) is 12.9. The monoisotopic (exact) mass is 212 g/mol. The van der Waals surface area contributed by atoms with Crippen LogP contribution in [0.2, 0.25) is 0 Å². The van der Waals surface area contributed by atoms with Crippen molar-refractivity contribution in [1.82, 2.24) is 0 Å². The molecule has 1 aromatic carbocycles. The minimum absolute atomic E-state index is 0.210. The number of rotatable bonds is 5. The van der Waals surface area contributed by atoms with Gasteiger partial charge in [-0.15, -0.1) is 0 Å². The van der Waals surface area contributed by atoms with Crippen LogP contribution in [0.4, 0.5) is 4.39 Å². The van der Waals surface area contributed by atoms with Crippen LogP contribution in [-0.2, 0) is 0 Å². The second-order valence-electron chi connectivity index (χ2n) is 4.05.